The number of hydrogen-bond acceptors (Lipinski definition) is 5. The van der Waals surface area contributed by atoms with Crippen molar-refractivity contribution < 1.29 is 4.74 Å². The zero-order valence-corrected chi connectivity index (χ0v) is 15.8. The molecule has 3 heterocycles. The summed E-state index contributed by atoms with van der Waals surface area (Å²) in [4.78, 5) is 14.3. The molecule has 0 aliphatic heterocycles. The molecule has 1 aromatic carbocycles. The van der Waals surface area contributed by atoms with Crippen molar-refractivity contribution >= 4 is 27.7 Å². The van der Waals surface area contributed by atoms with Gasteiger partial charge in [0.25, 0.3) is 0 Å². The number of nitriles is 1. The predicted octanol–water partition coefficient (Wildman–Crippen LogP) is 4.22. The third-order valence-electron chi connectivity index (χ3n) is 4.75. The number of aryl methyl sites for hydroxylation is 2. The van der Waals surface area contributed by atoms with Crippen LogP contribution in [0.15, 0.2) is 24.3 Å². The van der Waals surface area contributed by atoms with Gasteiger partial charge < -0.3 is 4.74 Å². The summed E-state index contributed by atoms with van der Waals surface area (Å²) < 4.78 is 7.86. The van der Waals surface area contributed by atoms with Crippen LogP contribution in [0, 0.1) is 11.3 Å². The van der Waals surface area contributed by atoms with Crippen LogP contribution in [0.1, 0.15) is 44.1 Å². The van der Waals surface area contributed by atoms with Crippen LogP contribution in [0.5, 0.6) is 5.88 Å². The summed E-state index contributed by atoms with van der Waals surface area (Å²) >= 11 is 0. The van der Waals surface area contributed by atoms with Gasteiger partial charge in [-0.05, 0) is 30.5 Å². The molecule has 136 valence electrons. The second kappa shape index (κ2) is 6.84. The molecule has 0 unspecified atom stereocenters. The van der Waals surface area contributed by atoms with E-state index in [1.165, 1.54) is 0 Å². The van der Waals surface area contributed by atoms with Gasteiger partial charge in [-0.15, -0.1) is 0 Å². The van der Waals surface area contributed by atoms with Gasteiger partial charge in [-0.1, -0.05) is 32.9 Å². The normalized spacial score (nSPS) is 11.3. The molecule has 0 N–H and O–H groups in total. The van der Waals surface area contributed by atoms with Gasteiger partial charge in [0.1, 0.15) is 17.5 Å². The standard InChI is InChI=1S/C21H21N5O/c1-4-11-27-21-14(12-22)13(5-2)18-19(25-21)24-17(6-3)26-16-10-8-7-9-15(16)23-20(18)26/h7-10H,4-6,11H2,1-3H3. The first-order valence-electron chi connectivity index (χ1n) is 9.38. The van der Waals surface area contributed by atoms with Gasteiger partial charge in [0.15, 0.2) is 11.3 Å². The largest absolute Gasteiger partial charge is 0.477 e. The highest BCUT2D eigenvalue weighted by Crippen LogP contribution is 2.32. The fourth-order valence-electron chi connectivity index (χ4n) is 3.55. The second-order valence-electron chi connectivity index (χ2n) is 6.42. The summed E-state index contributed by atoms with van der Waals surface area (Å²) in [7, 11) is 0. The Balaban J connectivity index is 2.19. The lowest BCUT2D eigenvalue weighted by atomic mass is 10.0. The maximum absolute atomic E-state index is 9.78. The summed E-state index contributed by atoms with van der Waals surface area (Å²) in [6.07, 6.45) is 2.28. The number of hydrogen-bond donors (Lipinski definition) is 0. The van der Waals surface area contributed by atoms with Crippen molar-refractivity contribution in [3.63, 3.8) is 0 Å². The number of rotatable bonds is 5. The van der Waals surface area contributed by atoms with E-state index in [0.717, 1.165) is 46.3 Å². The predicted molar refractivity (Wildman–Crippen MR) is 105 cm³/mol. The Morgan fingerprint density at radius 3 is 2.59 bits per heavy atom. The van der Waals surface area contributed by atoms with Crippen LogP contribution in [-0.2, 0) is 12.8 Å². The summed E-state index contributed by atoms with van der Waals surface area (Å²) in [6, 6.07) is 10.3. The van der Waals surface area contributed by atoms with Crippen molar-refractivity contribution in [2.75, 3.05) is 6.61 Å². The molecule has 6 heteroatoms. The summed E-state index contributed by atoms with van der Waals surface area (Å²) in [5.74, 6) is 1.27. The van der Waals surface area contributed by atoms with Crippen LogP contribution in [0.4, 0.5) is 0 Å². The smallest absolute Gasteiger partial charge is 0.234 e. The molecule has 0 fully saturated rings. The molecule has 6 nitrogen and oxygen atoms in total. The van der Waals surface area contributed by atoms with Gasteiger partial charge >= 0.3 is 0 Å². The highest BCUT2D eigenvalue weighted by atomic mass is 16.5. The van der Waals surface area contributed by atoms with Gasteiger partial charge in [-0.2, -0.15) is 10.2 Å². The Labute approximate surface area is 157 Å². The van der Waals surface area contributed by atoms with Crippen molar-refractivity contribution in [2.45, 2.75) is 40.0 Å². The molecular weight excluding hydrogens is 338 g/mol. The average molecular weight is 359 g/mol. The molecule has 3 aromatic heterocycles. The third-order valence-corrected chi connectivity index (χ3v) is 4.75. The van der Waals surface area contributed by atoms with E-state index in [2.05, 4.69) is 22.4 Å². The fraction of sp³-hybridized carbons (Fsp3) is 0.333. The number of nitrogens with zero attached hydrogens (tertiary/aromatic N) is 5. The average Bonchev–Trinajstić information content (AvgIpc) is 3.09. The molecule has 4 aromatic rings. The maximum Gasteiger partial charge on any atom is 0.234 e. The molecule has 0 amide bonds. The minimum Gasteiger partial charge on any atom is -0.477 e. The van der Waals surface area contributed by atoms with Crippen molar-refractivity contribution in [3.05, 3.63) is 41.2 Å². The highest BCUT2D eigenvalue weighted by Gasteiger charge is 2.21. The Morgan fingerprint density at radius 2 is 1.89 bits per heavy atom. The van der Waals surface area contributed by atoms with E-state index in [1.807, 2.05) is 38.1 Å². The van der Waals surface area contributed by atoms with Crippen LogP contribution < -0.4 is 4.74 Å². The van der Waals surface area contributed by atoms with E-state index in [0.29, 0.717) is 30.1 Å². The van der Waals surface area contributed by atoms with Crippen molar-refractivity contribution in [3.8, 4) is 11.9 Å². The molecule has 0 saturated heterocycles. The summed E-state index contributed by atoms with van der Waals surface area (Å²) in [6.45, 7) is 6.65. The number of pyridine rings is 1. The molecule has 0 spiro atoms. The maximum atomic E-state index is 9.78. The van der Waals surface area contributed by atoms with Gasteiger partial charge in [0, 0.05) is 6.42 Å². The molecule has 27 heavy (non-hydrogen) atoms. The van der Waals surface area contributed by atoms with E-state index >= 15 is 0 Å². The lowest BCUT2D eigenvalue weighted by Crippen LogP contribution is -2.08. The lowest BCUT2D eigenvalue weighted by molar-refractivity contribution is 0.305. The highest BCUT2D eigenvalue weighted by molar-refractivity contribution is 5.98. The van der Waals surface area contributed by atoms with Gasteiger partial charge in [-0.25, -0.2) is 9.97 Å². The first-order valence-corrected chi connectivity index (χ1v) is 9.38. The van der Waals surface area contributed by atoms with Gasteiger partial charge in [0.05, 0.1) is 23.0 Å². The minimum absolute atomic E-state index is 0.374. The van der Waals surface area contributed by atoms with E-state index in [-0.39, 0.29) is 0 Å². The van der Waals surface area contributed by atoms with E-state index in [4.69, 9.17) is 14.7 Å². The zero-order chi connectivity index (χ0) is 19.0. The molecule has 0 atom stereocenters. The minimum atomic E-state index is 0.374. The number of benzene rings is 1. The Hall–Kier alpha value is -3.20. The van der Waals surface area contributed by atoms with Crippen LogP contribution in [0.3, 0.4) is 0 Å². The van der Waals surface area contributed by atoms with Crippen LogP contribution >= 0.6 is 0 Å². The zero-order valence-electron chi connectivity index (χ0n) is 15.8. The van der Waals surface area contributed by atoms with Crippen molar-refractivity contribution in [1.29, 1.82) is 5.26 Å². The lowest BCUT2D eigenvalue weighted by Gasteiger charge is -2.14. The van der Waals surface area contributed by atoms with Crippen molar-refractivity contribution in [1.82, 2.24) is 19.4 Å². The molecular formula is C21H21N5O. The van der Waals surface area contributed by atoms with Crippen LogP contribution in [0.2, 0.25) is 0 Å². The summed E-state index contributed by atoms with van der Waals surface area (Å²) in [5, 5.41) is 10.6. The Bertz CT molecular complexity index is 1200. The first-order chi connectivity index (χ1) is 13.2. The number of para-hydroxylation sites is 2. The molecule has 4 rings (SSSR count). The number of aromatic nitrogens is 4. The molecule has 0 aliphatic carbocycles. The van der Waals surface area contributed by atoms with Crippen molar-refractivity contribution in [2.24, 2.45) is 0 Å². The Kier molecular flexibility index (Phi) is 4.36. The topological polar surface area (TPSA) is 76.1 Å². The molecule has 0 saturated carbocycles. The van der Waals surface area contributed by atoms with Crippen LogP contribution in [-0.4, -0.2) is 26.0 Å². The second-order valence-corrected chi connectivity index (χ2v) is 6.42. The van der Waals surface area contributed by atoms with E-state index < -0.39 is 0 Å². The molecule has 0 aliphatic rings. The first kappa shape index (κ1) is 17.2. The van der Waals surface area contributed by atoms with Gasteiger partial charge in [0.2, 0.25) is 5.88 Å². The monoisotopic (exact) mass is 359 g/mol. The quantitative estimate of drug-likeness (QED) is 0.533. The molecule has 0 bridgehead atoms. The number of imidazole rings is 1. The number of ether oxygens (including phenoxy) is 1. The Morgan fingerprint density at radius 1 is 1.07 bits per heavy atom. The van der Waals surface area contributed by atoms with Crippen LogP contribution in [0.25, 0.3) is 27.7 Å². The molecule has 0 radical (unpaired) electrons. The number of fused-ring (bicyclic) bond motifs is 5. The third kappa shape index (κ3) is 2.58. The SMILES string of the molecule is CCCOc1nc2nc(CC)n3c4ccccc4nc3c2c(CC)c1C#N. The van der Waals surface area contributed by atoms with E-state index in [1.54, 1.807) is 0 Å². The summed E-state index contributed by atoms with van der Waals surface area (Å²) in [5.41, 5.74) is 4.71. The fourth-order valence-corrected chi connectivity index (χ4v) is 3.55. The van der Waals surface area contributed by atoms with Gasteiger partial charge in [-0.3, -0.25) is 4.40 Å². The van der Waals surface area contributed by atoms with E-state index in [9.17, 15) is 5.26 Å².